The Kier molecular flexibility index (Phi) is 4.34. The van der Waals surface area contributed by atoms with Crippen LogP contribution < -0.4 is 0 Å². The topological polar surface area (TPSA) is 74.7 Å². The fourth-order valence-corrected chi connectivity index (χ4v) is 2.44. The van der Waals surface area contributed by atoms with Crippen molar-refractivity contribution >= 4 is 29.7 Å². The average molecular weight is 278 g/mol. The second-order valence-electron chi connectivity index (χ2n) is 4.93. The van der Waals surface area contributed by atoms with Crippen molar-refractivity contribution in [2.75, 3.05) is 13.6 Å². The molecule has 1 N–H and O–H groups in total. The van der Waals surface area contributed by atoms with Gasteiger partial charge in [0.05, 0.1) is 20.0 Å². The molecule has 1 saturated heterocycles. The molecule has 0 saturated carbocycles. The number of carboxylic acids is 1. The third-order valence-electron chi connectivity index (χ3n) is 3.39. The summed E-state index contributed by atoms with van der Waals surface area (Å²) in [5.74, 6) is -1.42. The zero-order valence-corrected chi connectivity index (χ0v) is 11.5. The van der Waals surface area contributed by atoms with Gasteiger partial charge in [0, 0.05) is 17.7 Å². The second kappa shape index (κ2) is 5.24. The van der Waals surface area contributed by atoms with Crippen LogP contribution in [0.3, 0.4) is 0 Å². The molecule has 102 valence electrons. The number of aliphatic carboxylic acids is 1. The SMILES string of the molecule is CCC(C)C[N+]1(C)C(=O)C(CC(=O)O)N(Cl)C1=O. The van der Waals surface area contributed by atoms with Crippen molar-refractivity contribution in [1.82, 2.24) is 4.42 Å². The quantitative estimate of drug-likeness (QED) is 0.469. The van der Waals surface area contributed by atoms with Crippen LogP contribution in [0, 0.1) is 5.92 Å². The molecule has 0 spiro atoms. The Bertz CT molecular complexity index is 387. The normalized spacial score (nSPS) is 29.8. The summed E-state index contributed by atoms with van der Waals surface area (Å²) in [5.41, 5.74) is 0. The highest BCUT2D eigenvalue weighted by Gasteiger charge is 2.58. The minimum Gasteiger partial charge on any atom is -0.481 e. The van der Waals surface area contributed by atoms with Crippen LogP contribution in [-0.2, 0) is 9.59 Å². The third-order valence-corrected chi connectivity index (χ3v) is 3.77. The number of likely N-dealkylation sites (N-methyl/N-ethyl adjacent to an activating group) is 1. The summed E-state index contributed by atoms with van der Waals surface area (Å²) in [6, 6.07) is -1.63. The zero-order chi connectivity index (χ0) is 14.1. The largest absolute Gasteiger partial charge is 0.481 e. The maximum Gasteiger partial charge on any atom is 0.441 e. The van der Waals surface area contributed by atoms with Gasteiger partial charge in [0.25, 0.3) is 0 Å². The van der Waals surface area contributed by atoms with Crippen molar-refractivity contribution in [3.05, 3.63) is 0 Å². The van der Waals surface area contributed by atoms with Gasteiger partial charge in [-0.05, 0) is 6.42 Å². The molecule has 3 unspecified atom stereocenters. The van der Waals surface area contributed by atoms with Crippen molar-refractivity contribution in [2.45, 2.75) is 32.7 Å². The van der Waals surface area contributed by atoms with Gasteiger partial charge in [-0.3, -0.25) is 4.79 Å². The van der Waals surface area contributed by atoms with Gasteiger partial charge >= 0.3 is 17.9 Å². The van der Waals surface area contributed by atoms with Gasteiger partial charge in [-0.2, -0.15) is 8.90 Å². The standard InChI is InChI=1S/C11H17ClN2O4/c1-4-7(2)6-14(3)10(17)8(5-9(15)16)13(12)11(14)18/h7-8H,4-6H2,1-3H3/p+1. The summed E-state index contributed by atoms with van der Waals surface area (Å²) in [6.07, 6.45) is 0.378. The Balaban J connectivity index is 2.97. The van der Waals surface area contributed by atoms with E-state index in [1.54, 1.807) is 0 Å². The van der Waals surface area contributed by atoms with E-state index in [0.29, 0.717) is 6.54 Å². The van der Waals surface area contributed by atoms with Crippen LogP contribution >= 0.6 is 11.8 Å². The number of carbonyl (C=O) groups excluding carboxylic acids is 2. The van der Waals surface area contributed by atoms with Crippen LogP contribution in [0.25, 0.3) is 0 Å². The van der Waals surface area contributed by atoms with E-state index >= 15 is 0 Å². The van der Waals surface area contributed by atoms with E-state index in [1.165, 1.54) is 7.05 Å². The molecule has 1 aliphatic heterocycles. The first-order chi connectivity index (χ1) is 8.24. The molecule has 18 heavy (non-hydrogen) atoms. The molecule has 0 radical (unpaired) electrons. The first kappa shape index (κ1) is 14.9. The Hall–Kier alpha value is -1.14. The predicted molar refractivity (Wildman–Crippen MR) is 64.6 cm³/mol. The molecule has 1 fully saturated rings. The highest BCUT2D eigenvalue weighted by molar-refractivity contribution is 6.24. The van der Waals surface area contributed by atoms with Crippen LogP contribution in [0.2, 0.25) is 0 Å². The van der Waals surface area contributed by atoms with Crippen LogP contribution in [0.15, 0.2) is 0 Å². The Morgan fingerprint density at radius 2 is 2.11 bits per heavy atom. The monoisotopic (exact) mass is 277 g/mol. The summed E-state index contributed by atoms with van der Waals surface area (Å²) in [4.78, 5) is 34.9. The van der Waals surface area contributed by atoms with Crippen molar-refractivity contribution in [3.8, 4) is 0 Å². The fourth-order valence-electron chi connectivity index (χ4n) is 2.12. The Morgan fingerprint density at radius 1 is 1.56 bits per heavy atom. The summed E-state index contributed by atoms with van der Waals surface area (Å²) in [6.45, 7) is 4.25. The van der Waals surface area contributed by atoms with Crippen molar-refractivity contribution in [3.63, 3.8) is 0 Å². The van der Waals surface area contributed by atoms with Crippen LogP contribution in [-0.4, -0.2) is 51.6 Å². The molecule has 3 atom stereocenters. The Labute approximate surface area is 111 Å². The molecule has 0 bridgehead atoms. The number of amides is 3. The second-order valence-corrected chi connectivity index (χ2v) is 5.30. The molecular weight excluding hydrogens is 260 g/mol. The lowest BCUT2D eigenvalue weighted by atomic mass is 10.1. The van der Waals surface area contributed by atoms with Crippen LogP contribution in [0.5, 0.6) is 0 Å². The van der Waals surface area contributed by atoms with Gasteiger partial charge in [0.1, 0.15) is 0 Å². The molecule has 0 aromatic rings. The number of quaternary nitrogens is 1. The van der Waals surface area contributed by atoms with E-state index in [4.69, 9.17) is 16.9 Å². The molecule has 1 aliphatic rings. The van der Waals surface area contributed by atoms with Gasteiger partial charge in [0.2, 0.25) is 0 Å². The first-order valence-corrected chi connectivity index (χ1v) is 6.19. The number of urea groups is 1. The van der Waals surface area contributed by atoms with E-state index in [-0.39, 0.29) is 5.92 Å². The molecule has 0 aliphatic carbocycles. The average Bonchev–Trinajstić information content (AvgIpc) is 2.44. The van der Waals surface area contributed by atoms with Crippen molar-refractivity contribution in [2.24, 2.45) is 5.92 Å². The molecule has 6 nitrogen and oxygen atoms in total. The van der Waals surface area contributed by atoms with E-state index in [1.807, 2.05) is 13.8 Å². The number of halogens is 1. The number of hydrogen-bond acceptors (Lipinski definition) is 3. The molecule has 0 aromatic carbocycles. The summed E-state index contributed by atoms with van der Waals surface area (Å²) in [5, 5.41) is 8.74. The number of carboxylic acid groups (broad SMARTS) is 1. The number of nitrogens with zero attached hydrogens (tertiary/aromatic N) is 2. The number of carbonyl (C=O) groups is 3. The maximum absolute atomic E-state index is 12.2. The minimum absolute atomic E-state index is 0.177. The van der Waals surface area contributed by atoms with Gasteiger partial charge in [-0.1, -0.05) is 13.8 Å². The van der Waals surface area contributed by atoms with E-state index in [9.17, 15) is 14.4 Å². The fraction of sp³-hybridized carbons (Fsp3) is 0.727. The zero-order valence-electron chi connectivity index (χ0n) is 10.7. The van der Waals surface area contributed by atoms with Gasteiger partial charge in [0.15, 0.2) is 6.04 Å². The molecule has 7 heteroatoms. The number of imide groups is 1. The lowest BCUT2D eigenvalue weighted by molar-refractivity contribution is -0.751. The molecule has 1 heterocycles. The van der Waals surface area contributed by atoms with E-state index < -0.39 is 34.9 Å². The van der Waals surface area contributed by atoms with E-state index in [2.05, 4.69) is 0 Å². The van der Waals surface area contributed by atoms with Crippen LogP contribution in [0.4, 0.5) is 4.79 Å². The highest BCUT2D eigenvalue weighted by atomic mass is 35.5. The van der Waals surface area contributed by atoms with Gasteiger partial charge in [-0.15, -0.1) is 0 Å². The molecular formula is C11H18ClN2O4+. The summed E-state index contributed by atoms with van der Waals surface area (Å²) < 4.78 is 0.287. The van der Waals surface area contributed by atoms with E-state index in [0.717, 1.165) is 10.8 Å². The minimum atomic E-state index is -1.15. The van der Waals surface area contributed by atoms with Crippen molar-refractivity contribution in [1.29, 1.82) is 0 Å². The summed E-state index contributed by atoms with van der Waals surface area (Å²) >= 11 is 5.76. The van der Waals surface area contributed by atoms with Crippen molar-refractivity contribution < 1.29 is 24.0 Å². The van der Waals surface area contributed by atoms with Gasteiger partial charge < -0.3 is 5.11 Å². The number of hydrogen-bond donors (Lipinski definition) is 1. The number of rotatable bonds is 5. The first-order valence-electron chi connectivity index (χ1n) is 5.85. The molecule has 0 aromatic heterocycles. The highest BCUT2D eigenvalue weighted by Crippen LogP contribution is 2.29. The Morgan fingerprint density at radius 3 is 2.56 bits per heavy atom. The van der Waals surface area contributed by atoms with Gasteiger partial charge in [-0.25, -0.2) is 9.59 Å². The third kappa shape index (κ3) is 2.49. The lowest BCUT2D eigenvalue weighted by Crippen LogP contribution is -2.52. The lowest BCUT2D eigenvalue weighted by Gasteiger charge is -2.25. The van der Waals surface area contributed by atoms with Crippen LogP contribution in [0.1, 0.15) is 26.7 Å². The maximum atomic E-state index is 12.2. The summed E-state index contributed by atoms with van der Waals surface area (Å²) in [7, 11) is 1.49. The smallest absolute Gasteiger partial charge is 0.441 e. The predicted octanol–water partition coefficient (Wildman–Crippen LogP) is 1.44. The molecule has 3 amide bonds. The molecule has 1 rings (SSSR count).